The molecular weight excluding hydrogens is 316 g/mol. The fraction of sp³-hybridized carbons (Fsp3) is 0.400. The quantitative estimate of drug-likeness (QED) is 0.579. The second kappa shape index (κ2) is 6.58. The summed E-state index contributed by atoms with van der Waals surface area (Å²) in [5.41, 5.74) is 1.64. The normalized spacial score (nSPS) is 27.2. The molecule has 2 aromatic carbocycles. The van der Waals surface area contributed by atoms with Crippen LogP contribution in [0.4, 0.5) is 17.6 Å². The van der Waals surface area contributed by atoms with E-state index < -0.39 is 29.9 Å². The van der Waals surface area contributed by atoms with E-state index in [9.17, 15) is 17.6 Å². The number of aryl methyl sites for hydroxylation is 1. The molecule has 0 nitrogen and oxygen atoms in total. The van der Waals surface area contributed by atoms with Gasteiger partial charge in [-0.15, -0.1) is 0 Å². The van der Waals surface area contributed by atoms with E-state index in [-0.39, 0.29) is 17.0 Å². The summed E-state index contributed by atoms with van der Waals surface area (Å²) in [6.45, 7) is 3.23. The van der Waals surface area contributed by atoms with Crippen LogP contribution in [-0.4, -0.2) is 12.3 Å². The summed E-state index contributed by atoms with van der Waals surface area (Å²) in [5.74, 6) is -2.49. The summed E-state index contributed by atoms with van der Waals surface area (Å²) < 4.78 is 56.0. The minimum Gasteiger partial charge on any atom is -0.244 e. The molecule has 1 saturated carbocycles. The fourth-order valence-corrected chi connectivity index (χ4v) is 3.43. The lowest BCUT2D eigenvalue weighted by molar-refractivity contribution is 0.0573. The topological polar surface area (TPSA) is 0 Å². The van der Waals surface area contributed by atoms with Crippen molar-refractivity contribution in [3.8, 4) is 11.1 Å². The van der Waals surface area contributed by atoms with Crippen molar-refractivity contribution in [3.05, 3.63) is 59.2 Å². The molecule has 128 valence electrons. The van der Waals surface area contributed by atoms with E-state index in [0.29, 0.717) is 24.0 Å². The van der Waals surface area contributed by atoms with Crippen LogP contribution in [0.2, 0.25) is 0 Å². The number of rotatable bonds is 2. The predicted molar refractivity (Wildman–Crippen MR) is 87.5 cm³/mol. The van der Waals surface area contributed by atoms with Crippen LogP contribution in [-0.2, 0) is 0 Å². The van der Waals surface area contributed by atoms with Crippen LogP contribution in [0.3, 0.4) is 0 Å². The SMILES string of the molecule is Cc1ccc(-c2ccc(C3CCC(C)C(F)C3F)cc2)c(F)c1F. The Morgan fingerprint density at radius 1 is 0.833 bits per heavy atom. The number of alkyl halides is 2. The van der Waals surface area contributed by atoms with Crippen LogP contribution in [0.5, 0.6) is 0 Å². The molecule has 1 aliphatic carbocycles. The number of benzene rings is 2. The molecule has 1 fully saturated rings. The fourth-order valence-electron chi connectivity index (χ4n) is 3.43. The average molecular weight is 336 g/mol. The first-order valence-electron chi connectivity index (χ1n) is 8.23. The molecule has 0 spiro atoms. The third-order valence-electron chi connectivity index (χ3n) is 5.09. The minimum atomic E-state index is -1.52. The van der Waals surface area contributed by atoms with Crippen molar-refractivity contribution in [1.29, 1.82) is 0 Å². The Bertz CT molecular complexity index is 723. The molecule has 4 atom stereocenters. The van der Waals surface area contributed by atoms with E-state index in [1.54, 1.807) is 31.2 Å². The number of hydrogen-bond donors (Lipinski definition) is 0. The zero-order valence-electron chi connectivity index (χ0n) is 13.7. The van der Waals surface area contributed by atoms with E-state index in [1.165, 1.54) is 19.1 Å². The molecule has 24 heavy (non-hydrogen) atoms. The van der Waals surface area contributed by atoms with E-state index in [1.807, 2.05) is 0 Å². The highest BCUT2D eigenvalue weighted by molar-refractivity contribution is 5.65. The minimum absolute atomic E-state index is 0.169. The summed E-state index contributed by atoms with van der Waals surface area (Å²) in [5, 5.41) is 0. The Balaban J connectivity index is 1.88. The first kappa shape index (κ1) is 17.0. The smallest absolute Gasteiger partial charge is 0.166 e. The standard InChI is InChI=1S/C20H20F4/c1-11-3-9-15(19(23)17(11)21)13-5-7-14(8-6-13)16-10-4-12(2)18(22)20(16)24/h3,5-9,12,16,18,20H,4,10H2,1-2H3. The second-order valence-corrected chi connectivity index (χ2v) is 6.73. The molecule has 1 aliphatic rings. The molecule has 4 unspecified atom stereocenters. The Morgan fingerprint density at radius 3 is 2.17 bits per heavy atom. The monoisotopic (exact) mass is 336 g/mol. The van der Waals surface area contributed by atoms with Gasteiger partial charge in [0.2, 0.25) is 0 Å². The van der Waals surface area contributed by atoms with Gasteiger partial charge in [-0.1, -0.05) is 43.3 Å². The van der Waals surface area contributed by atoms with Gasteiger partial charge in [0.1, 0.15) is 12.3 Å². The van der Waals surface area contributed by atoms with Gasteiger partial charge in [-0.2, -0.15) is 0 Å². The highest BCUT2D eigenvalue weighted by Gasteiger charge is 2.38. The van der Waals surface area contributed by atoms with Gasteiger partial charge >= 0.3 is 0 Å². The summed E-state index contributed by atoms with van der Waals surface area (Å²) in [4.78, 5) is 0. The van der Waals surface area contributed by atoms with Crippen molar-refractivity contribution < 1.29 is 17.6 Å². The van der Waals surface area contributed by atoms with Crippen LogP contribution in [0.25, 0.3) is 11.1 Å². The van der Waals surface area contributed by atoms with Crippen molar-refractivity contribution in [2.24, 2.45) is 5.92 Å². The summed E-state index contributed by atoms with van der Waals surface area (Å²) in [6.07, 6.45) is -1.73. The van der Waals surface area contributed by atoms with Crippen LogP contribution in [0, 0.1) is 24.5 Å². The lowest BCUT2D eigenvalue weighted by atomic mass is 9.76. The van der Waals surface area contributed by atoms with Gasteiger partial charge in [0.05, 0.1) is 0 Å². The second-order valence-electron chi connectivity index (χ2n) is 6.73. The maximum Gasteiger partial charge on any atom is 0.166 e. The lowest BCUT2D eigenvalue weighted by Crippen LogP contribution is -2.35. The molecule has 0 N–H and O–H groups in total. The lowest BCUT2D eigenvalue weighted by Gasteiger charge is -2.33. The summed E-state index contributed by atoms with van der Waals surface area (Å²) in [7, 11) is 0. The van der Waals surface area contributed by atoms with Crippen LogP contribution < -0.4 is 0 Å². The molecule has 0 saturated heterocycles. The van der Waals surface area contributed by atoms with Crippen LogP contribution in [0.15, 0.2) is 36.4 Å². The van der Waals surface area contributed by atoms with E-state index in [4.69, 9.17) is 0 Å². The maximum atomic E-state index is 14.3. The highest BCUT2D eigenvalue weighted by atomic mass is 19.2. The molecular formula is C20H20F4. The summed E-state index contributed by atoms with van der Waals surface area (Å²) in [6, 6.07) is 9.70. The molecule has 0 aromatic heterocycles. The average Bonchev–Trinajstić information content (AvgIpc) is 2.58. The first-order chi connectivity index (χ1) is 11.4. The van der Waals surface area contributed by atoms with E-state index in [2.05, 4.69) is 0 Å². The Hall–Kier alpha value is -1.84. The van der Waals surface area contributed by atoms with Crippen molar-refractivity contribution in [2.45, 2.75) is 45.0 Å². The molecule has 3 rings (SSSR count). The zero-order valence-corrected chi connectivity index (χ0v) is 13.7. The predicted octanol–water partition coefficient (Wildman–Crippen LogP) is 6.13. The van der Waals surface area contributed by atoms with Crippen molar-refractivity contribution in [2.75, 3.05) is 0 Å². The van der Waals surface area contributed by atoms with E-state index >= 15 is 0 Å². The molecule has 4 heteroatoms. The van der Waals surface area contributed by atoms with Crippen LogP contribution >= 0.6 is 0 Å². The zero-order chi connectivity index (χ0) is 17.4. The van der Waals surface area contributed by atoms with Gasteiger partial charge in [-0.25, -0.2) is 17.6 Å². The third kappa shape index (κ3) is 2.94. The van der Waals surface area contributed by atoms with Crippen molar-refractivity contribution >= 4 is 0 Å². The third-order valence-corrected chi connectivity index (χ3v) is 5.09. The molecule has 0 bridgehead atoms. The van der Waals surface area contributed by atoms with Gasteiger partial charge in [0.25, 0.3) is 0 Å². The Labute approximate surface area is 139 Å². The van der Waals surface area contributed by atoms with Crippen molar-refractivity contribution in [3.63, 3.8) is 0 Å². The van der Waals surface area contributed by atoms with Gasteiger partial charge in [-0.3, -0.25) is 0 Å². The van der Waals surface area contributed by atoms with Gasteiger partial charge in [0.15, 0.2) is 11.6 Å². The highest BCUT2D eigenvalue weighted by Crippen LogP contribution is 2.40. The largest absolute Gasteiger partial charge is 0.244 e. The number of hydrogen-bond acceptors (Lipinski definition) is 0. The Kier molecular flexibility index (Phi) is 4.66. The van der Waals surface area contributed by atoms with E-state index in [0.717, 1.165) is 0 Å². The molecule has 0 radical (unpaired) electrons. The molecule has 0 amide bonds. The van der Waals surface area contributed by atoms with Gasteiger partial charge < -0.3 is 0 Å². The molecule has 2 aromatic rings. The van der Waals surface area contributed by atoms with Gasteiger partial charge in [-0.05, 0) is 42.4 Å². The Morgan fingerprint density at radius 2 is 1.50 bits per heavy atom. The molecule has 0 heterocycles. The summed E-state index contributed by atoms with van der Waals surface area (Å²) >= 11 is 0. The van der Waals surface area contributed by atoms with Gasteiger partial charge in [0, 0.05) is 11.5 Å². The maximum absolute atomic E-state index is 14.3. The molecule has 0 aliphatic heterocycles. The van der Waals surface area contributed by atoms with Crippen molar-refractivity contribution in [1.82, 2.24) is 0 Å². The first-order valence-corrected chi connectivity index (χ1v) is 8.23. The number of halogens is 4. The van der Waals surface area contributed by atoms with Crippen LogP contribution in [0.1, 0.15) is 36.8 Å².